The Kier molecular flexibility index (Phi) is 3.09. The maximum absolute atomic E-state index is 6.17. The number of nitrogens with two attached hydrogens (primary N) is 1. The Balaban J connectivity index is 1.84. The molecule has 2 N–H and O–H groups in total. The predicted molar refractivity (Wildman–Crippen MR) is 67.3 cm³/mol. The van der Waals surface area contributed by atoms with Crippen molar-refractivity contribution in [2.24, 2.45) is 17.6 Å². The van der Waals surface area contributed by atoms with E-state index in [0.717, 1.165) is 5.92 Å². The molecular formula is C14H27NO. The highest BCUT2D eigenvalue weighted by Gasteiger charge is 2.45. The molecule has 1 aliphatic carbocycles. The van der Waals surface area contributed by atoms with Crippen LogP contribution in [0.3, 0.4) is 0 Å². The van der Waals surface area contributed by atoms with Crippen molar-refractivity contribution in [3.63, 3.8) is 0 Å². The highest BCUT2D eigenvalue weighted by Crippen LogP contribution is 2.45. The maximum Gasteiger partial charge on any atom is 0.0662 e. The van der Waals surface area contributed by atoms with Crippen molar-refractivity contribution in [3.05, 3.63) is 0 Å². The number of hydrogen-bond donors (Lipinski definition) is 1. The number of ether oxygens (including phenoxy) is 1. The van der Waals surface area contributed by atoms with Crippen molar-refractivity contribution < 1.29 is 4.74 Å². The van der Waals surface area contributed by atoms with Crippen LogP contribution in [0, 0.1) is 11.8 Å². The zero-order valence-corrected chi connectivity index (χ0v) is 11.3. The fraction of sp³-hybridized carbons (Fsp3) is 1.00. The number of rotatable bonds is 4. The Morgan fingerprint density at radius 2 is 1.88 bits per heavy atom. The van der Waals surface area contributed by atoms with E-state index in [1.807, 2.05) is 0 Å². The third kappa shape index (κ3) is 2.78. The molecule has 2 rings (SSSR count). The summed E-state index contributed by atoms with van der Waals surface area (Å²) < 4.78 is 6.12. The normalized spacial score (nSPS) is 33.9. The quantitative estimate of drug-likeness (QED) is 0.798. The summed E-state index contributed by atoms with van der Waals surface area (Å²) in [4.78, 5) is 0. The standard InChI is InChI=1S/C14H27NO/c1-13(2)9-11(14(3,4)16-13)7-8-12(15)10-5-6-10/h10-12H,5-9,15H2,1-4H3. The highest BCUT2D eigenvalue weighted by atomic mass is 16.5. The van der Waals surface area contributed by atoms with E-state index in [4.69, 9.17) is 10.5 Å². The lowest BCUT2D eigenvalue weighted by Gasteiger charge is -2.28. The minimum absolute atomic E-state index is 0.0345. The Labute approximate surface area is 99.9 Å². The van der Waals surface area contributed by atoms with E-state index in [1.54, 1.807) is 0 Å². The van der Waals surface area contributed by atoms with Gasteiger partial charge in [0.25, 0.3) is 0 Å². The van der Waals surface area contributed by atoms with Crippen LogP contribution in [0.1, 0.15) is 59.8 Å². The Bertz CT molecular complexity index is 255. The highest BCUT2D eigenvalue weighted by molar-refractivity contribution is 4.95. The molecule has 0 amide bonds. The molecule has 1 aliphatic heterocycles. The van der Waals surface area contributed by atoms with Crippen molar-refractivity contribution in [2.75, 3.05) is 0 Å². The summed E-state index contributed by atoms with van der Waals surface area (Å²) in [6, 6.07) is 0.444. The molecular weight excluding hydrogens is 198 g/mol. The van der Waals surface area contributed by atoms with Gasteiger partial charge in [-0.3, -0.25) is 0 Å². The monoisotopic (exact) mass is 225 g/mol. The summed E-state index contributed by atoms with van der Waals surface area (Å²) >= 11 is 0. The first-order valence-corrected chi connectivity index (χ1v) is 6.76. The van der Waals surface area contributed by atoms with Crippen molar-refractivity contribution >= 4 is 0 Å². The zero-order chi connectivity index (χ0) is 12.0. The van der Waals surface area contributed by atoms with Gasteiger partial charge in [0.1, 0.15) is 0 Å². The molecule has 0 aromatic heterocycles. The summed E-state index contributed by atoms with van der Waals surface area (Å²) in [5.74, 6) is 1.51. The summed E-state index contributed by atoms with van der Waals surface area (Å²) in [6.07, 6.45) is 6.30. The van der Waals surface area contributed by atoms with Crippen molar-refractivity contribution in [1.82, 2.24) is 0 Å². The SMILES string of the molecule is CC1(C)CC(CCC(N)C2CC2)C(C)(C)O1. The molecule has 0 spiro atoms. The molecule has 2 aliphatic rings. The van der Waals surface area contributed by atoms with Gasteiger partial charge >= 0.3 is 0 Å². The van der Waals surface area contributed by atoms with Crippen LogP contribution in [0.25, 0.3) is 0 Å². The Morgan fingerprint density at radius 1 is 1.25 bits per heavy atom. The second kappa shape index (κ2) is 3.99. The van der Waals surface area contributed by atoms with Gasteiger partial charge < -0.3 is 10.5 Å². The lowest BCUT2D eigenvalue weighted by molar-refractivity contribution is -0.0754. The van der Waals surface area contributed by atoms with Gasteiger partial charge in [-0.25, -0.2) is 0 Å². The van der Waals surface area contributed by atoms with Crippen LogP contribution in [-0.4, -0.2) is 17.2 Å². The first-order chi connectivity index (χ1) is 7.30. The fourth-order valence-corrected chi connectivity index (χ4v) is 3.28. The first-order valence-electron chi connectivity index (χ1n) is 6.76. The topological polar surface area (TPSA) is 35.2 Å². The molecule has 0 aromatic rings. The molecule has 2 fully saturated rings. The molecule has 0 radical (unpaired) electrons. The number of hydrogen-bond acceptors (Lipinski definition) is 2. The van der Waals surface area contributed by atoms with Crippen molar-refractivity contribution in [2.45, 2.75) is 77.0 Å². The molecule has 94 valence electrons. The van der Waals surface area contributed by atoms with Gasteiger partial charge in [0.05, 0.1) is 11.2 Å². The van der Waals surface area contributed by atoms with E-state index in [-0.39, 0.29) is 11.2 Å². The van der Waals surface area contributed by atoms with Gasteiger partial charge in [0.2, 0.25) is 0 Å². The Hall–Kier alpha value is -0.0800. The van der Waals surface area contributed by atoms with Gasteiger partial charge in [-0.15, -0.1) is 0 Å². The minimum atomic E-state index is 0.0345. The largest absolute Gasteiger partial charge is 0.369 e. The van der Waals surface area contributed by atoms with Crippen LogP contribution < -0.4 is 5.73 Å². The van der Waals surface area contributed by atoms with E-state index < -0.39 is 0 Å². The van der Waals surface area contributed by atoms with Crippen LogP contribution in [0.2, 0.25) is 0 Å². The van der Waals surface area contributed by atoms with Gasteiger partial charge in [0.15, 0.2) is 0 Å². The third-order valence-electron chi connectivity index (χ3n) is 4.34. The van der Waals surface area contributed by atoms with Gasteiger partial charge in [-0.1, -0.05) is 0 Å². The molecule has 2 heteroatoms. The second-order valence-electron chi connectivity index (χ2n) is 6.94. The second-order valence-corrected chi connectivity index (χ2v) is 6.94. The van der Waals surface area contributed by atoms with Gasteiger partial charge in [-0.05, 0) is 71.6 Å². The molecule has 16 heavy (non-hydrogen) atoms. The summed E-state index contributed by atoms with van der Waals surface area (Å²) in [5.41, 5.74) is 6.26. The van der Waals surface area contributed by atoms with E-state index >= 15 is 0 Å². The summed E-state index contributed by atoms with van der Waals surface area (Å²) in [5, 5.41) is 0. The van der Waals surface area contributed by atoms with Crippen molar-refractivity contribution in [1.29, 1.82) is 0 Å². The third-order valence-corrected chi connectivity index (χ3v) is 4.34. The molecule has 0 bridgehead atoms. The molecule has 0 aromatic carbocycles. The van der Waals surface area contributed by atoms with Crippen molar-refractivity contribution in [3.8, 4) is 0 Å². The van der Waals surface area contributed by atoms with Crippen LogP contribution in [0.5, 0.6) is 0 Å². The minimum Gasteiger partial charge on any atom is -0.369 e. The molecule has 2 atom stereocenters. The molecule has 2 nitrogen and oxygen atoms in total. The van der Waals surface area contributed by atoms with Crippen LogP contribution in [-0.2, 0) is 4.74 Å². The lowest BCUT2D eigenvalue weighted by atomic mass is 9.83. The van der Waals surface area contributed by atoms with E-state index in [0.29, 0.717) is 12.0 Å². The van der Waals surface area contributed by atoms with E-state index in [1.165, 1.54) is 32.1 Å². The summed E-state index contributed by atoms with van der Waals surface area (Å²) in [7, 11) is 0. The van der Waals surface area contributed by atoms with E-state index in [2.05, 4.69) is 27.7 Å². The maximum atomic E-state index is 6.17. The zero-order valence-electron chi connectivity index (χ0n) is 11.3. The van der Waals surface area contributed by atoms with Gasteiger partial charge in [0, 0.05) is 6.04 Å². The van der Waals surface area contributed by atoms with Crippen LogP contribution in [0.4, 0.5) is 0 Å². The average Bonchev–Trinajstić information content (AvgIpc) is 2.89. The smallest absolute Gasteiger partial charge is 0.0662 e. The fourth-order valence-electron chi connectivity index (χ4n) is 3.28. The van der Waals surface area contributed by atoms with Crippen LogP contribution in [0.15, 0.2) is 0 Å². The molecule has 1 saturated carbocycles. The molecule has 2 unspecified atom stereocenters. The molecule has 1 heterocycles. The first kappa shape index (κ1) is 12.4. The lowest BCUT2D eigenvalue weighted by Crippen LogP contribution is -2.31. The Morgan fingerprint density at radius 3 is 2.31 bits per heavy atom. The van der Waals surface area contributed by atoms with Gasteiger partial charge in [-0.2, -0.15) is 0 Å². The van der Waals surface area contributed by atoms with Crippen LogP contribution >= 0.6 is 0 Å². The molecule has 1 saturated heterocycles. The van der Waals surface area contributed by atoms with E-state index in [9.17, 15) is 0 Å². The average molecular weight is 225 g/mol. The summed E-state index contributed by atoms with van der Waals surface area (Å²) in [6.45, 7) is 8.87. The predicted octanol–water partition coefficient (Wildman–Crippen LogP) is 3.10.